The summed E-state index contributed by atoms with van der Waals surface area (Å²) < 4.78 is 7.36. The molecule has 1 aromatic heterocycles. The van der Waals surface area contributed by atoms with Crippen molar-refractivity contribution in [1.82, 2.24) is 0 Å². The molecule has 0 atom stereocenters. The summed E-state index contributed by atoms with van der Waals surface area (Å²) in [6.45, 7) is 5.73. The van der Waals surface area contributed by atoms with Crippen molar-refractivity contribution in [3.63, 3.8) is 0 Å². The molecule has 0 radical (unpaired) electrons. The first kappa shape index (κ1) is 16.1. The number of nitrogens with zero attached hydrogens (tertiary/aromatic N) is 2. The Kier molecular flexibility index (Phi) is 4.49. The van der Waals surface area contributed by atoms with Crippen LogP contribution in [0.5, 0.6) is 0 Å². The van der Waals surface area contributed by atoms with E-state index in [0.717, 1.165) is 28.1 Å². The number of likely N-dealkylation sites (tertiary alicyclic amines) is 1. The highest BCUT2D eigenvalue weighted by Crippen LogP contribution is 2.39. The first-order valence-electron chi connectivity index (χ1n) is 8.69. The predicted molar refractivity (Wildman–Crippen MR) is 96.7 cm³/mol. The molecule has 1 aliphatic heterocycles. The van der Waals surface area contributed by atoms with Crippen molar-refractivity contribution in [3.05, 3.63) is 41.7 Å². The topological polar surface area (TPSA) is 16.4 Å². The highest BCUT2D eigenvalue weighted by atomic mass is 16.3. The van der Waals surface area contributed by atoms with Gasteiger partial charge in [0.15, 0.2) is 5.76 Å². The highest BCUT2D eigenvalue weighted by Gasteiger charge is 2.30. The van der Waals surface area contributed by atoms with E-state index in [4.69, 9.17) is 4.42 Å². The Morgan fingerprint density at radius 1 is 1.04 bits per heavy atom. The fraction of sp³-hybridized carbons (Fsp3) is 0.500. The molecule has 0 aliphatic carbocycles. The molecule has 2 heterocycles. The van der Waals surface area contributed by atoms with E-state index in [2.05, 4.69) is 63.3 Å². The average molecular weight is 313 g/mol. The van der Waals surface area contributed by atoms with E-state index in [1.54, 1.807) is 0 Å². The van der Waals surface area contributed by atoms with Gasteiger partial charge in [-0.05, 0) is 26.2 Å². The van der Waals surface area contributed by atoms with Crippen molar-refractivity contribution in [2.24, 2.45) is 0 Å². The first-order chi connectivity index (χ1) is 11.0. The number of furan rings is 1. The van der Waals surface area contributed by atoms with Gasteiger partial charge in [0.25, 0.3) is 0 Å². The van der Waals surface area contributed by atoms with Crippen LogP contribution >= 0.6 is 0 Å². The van der Waals surface area contributed by atoms with Crippen LogP contribution in [0.25, 0.3) is 11.3 Å². The standard InChI is InChI=1S/C20H29N2O/c1-16-18(15-22(4)13-9-6-10-14-22)19(21(2)3)20(23-16)17-11-7-5-8-12-17/h5,7-8,11-12H,6,9-10,13-15H2,1-4H3/q+1. The molecule has 3 rings (SSSR count). The minimum atomic E-state index is 1.01. The summed E-state index contributed by atoms with van der Waals surface area (Å²) in [6.07, 6.45) is 4.07. The average Bonchev–Trinajstić information content (AvgIpc) is 2.85. The van der Waals surface area contributed by atoms with Crippen LogP contribution in [-0.4, -0.2) is 38.7 Å². The third kappa shape index (κ3) is 3.30. The summed E-state index contributed by atoms with van der Waals surface area (Å²) in [4.78, 5) is 2.21. The molecule has 0 unspecified atom stereocenters. The van der Waals surface area contributed by atoms with Gasteiger partial charge in [0, 0.05) is 19.7 Å². The summed E-state index contributed by atoms with van der Waals surface area (Å²) in [5.74, 6) is 2.07. The van der Waals surface area contributed by atoms with Gasteiger partial charge in [0.2, 0.25) is 0 Å². The van der Waals surface area contributed by atoms with Crippen molar-refractivity contribution in [3.8, 4) is 11.3 Å². The molecule has 124 valence electrons. The molecule has 0 amide bonds. The maximum Gasteiger partial charge on any atom is 0.158 e. The number of piperidine rings is 1. The molecule has 23 heavy (non-hydrogen) atoms. The number of quaternary nitrogens is 1. The van der Waals surface area contributed by atoms with E-state index in [-0.39, 0.29) is 0 Å². The number of benzene rings is 1. The predicted octanol–water partition coefficient (Wildman–Crippen LogP) is 4.45. The lowest BCUT2D eigenvalue weighted by Crippen LogP contribution is -2.47. The number of aryl methyl sites for hydroxylation is 1. The summed E-state index contributed by atoms with van der Waals surface area (Å²) in [5.41, 5.74) is 3.78. The molecule has 0 bridgehead atoms. The summed E-state index contributed by atoms with van der Waals surface area (Å²) in [5, 5.41) is 0. The van der Waals surface area contributed by atoms with Crippen LogP contribution in [0.15, 0.2) is 34.7 Å². The second-order valence-electron chi connectivity index (χ2n) is 7.36. The summed E-state index contributed by atoms with van der Waals surface area (Å²) in [6, 6.07) is 10.5. The Labute approximate surface area is 140 Å². The SMILES string of the molecule is Cc1oc(-c2ccccc2)c(N(C)C)c1C[N+]1(C)CCCCC1. The van der Waals surface area contributed by atoms with Gasteiger partial charge in [-0.25, -0.2) is 0 Å². The molecule has 1 fully saturated rings. The van der Waals surface area contributed by atoms with Gasteiger partial charge in [0.1, 0.15) is 12.3 Å². The Balaban J connectivity index is 2.01. The molecule has 0 saturated carbocycles. The van der Waals surface area contributed by atoms with E-state index in [1.807, 2.05) is 0 Å². The van der Waals surface area contributed by atoms with Crippen molar-refractivity contribution < 1.29 is 8.90 Å². The number of rotatable bonds is 4. The molecule has 1 aliphatic rings. The summed E-state index contributed by atoms with van der Waals surface area (Å²) >= 11 is 0. The zero-order valence-corrected chi connectivity index (χ0v) is 14.9. The van der Waals surface area contributed by atoms with Crippen LogP contribution in [-0.2, 0) is 6.54 Å². The van der Waals surface area contributed by atoms with Crippen molar-refractivity contribution in [1.29, 1.82) is 0 Å². The Morgan fingerprint density at radius 3 is 2.30 bits per heavy atom. The van der Waals surface area contributed by atoms with E-state index in [9.17, 15) is 0 Å². The molecule has 3 nitrogen and oxygen atoms in total. The zero-order chi connectivity index (χ0) is 16.4. The lowest BCUT2D eigenvalue weighted by Gasteiger charge is -2.38. The van der Waals surface area contributed by atoms with Gasteiger partial charge < -0.3 is 13.8 Å². The Hall–Kier alpha value is -1.74. The van der Waals surface area contributed by atoms with Gasteiger partial charge in [0.05, 0.1) is 31.4 Å². The van der Waals surface area contributed by atoms with Crippen molar-refractivity contribution in [2.45, 2.75) is 32.7 Å². The van der Waals surface area contributed by atoms with Crippen LogP contribution in [0.4, 0.5) is 5.69 Å². The van der Waals surface area contributed by atoms with Gasteiger partial charge in [-0.1, -0.05) is 30.3 Å². The molecule has 0 spiro atoms. The number of hydrogen-bond acceptors (Lipinski definition) is 2. The molecule has 1 saturated heterocycles. The lowest BCUT2D eigenvalue weighted by molar-refractivity contribution is -0.926. The van der Waals surface area contributed by atoms with Gasteiger partial charge in [-0.3, -0.25) is 0 Å². The van der Waals surface area contributed by atoms with Gasteiger partial charge in [-0.15, -0.1) is 0 Å². The van der Waals surface area contributed by atoms with Crippen LogP contribution in [0, 0.1) is 6.92 Å². The molecular weight excluding hydrogens is 284 g/mol. The summed E-state index contributed by atoms with van der Waals surface area (Å²) in [7, 11) is 6.64. The quantitative estimate of drug-likeness (QED) is 0.775. The largest absolute Gasteiger partial charge is 0.459 e. The fourth-order valence-corrected chi connectivity index (χ4v) is 3.83. The maximum absolute atomic E-state index is 6.23. The monoisotopic (exact) mass is 313 g/mol. The third-order valence-electron chi connectivity index (χ3n) is 5.10. The molecular formula is C20H29N2O+. The zero-order valence-electron chi connectivity index (χ0n) is 14.9. The molecule has 3 heteroatoms. The van der Waals surface area contributed by atoms with Gasteiger partial charge in [-0.2, -0.15) is 0 Å². The molecule has 0 N–H and O–H groups in total. The lowest BCUT2D eigenvalue weighted by atomic mass is 10.0. The molecule has 1 aromatic carbocycles. The van der Waals surface area contributed by atoms with Crippen molar-refractivity contribution in [2.75, 3.05) is 39.1 Å². The minimum absolute atomic E-state index is 1.01. The second-order valence-corrected chi connectivity index (χ2v) is 7.36. The van der Waals surface area contributed by atoms with E-state index in [0.29, 0.717) is 0 Å². The highest BCUT2D eigenvalue weighted by molar-refractivity contribution is 5.77. The van der Waals surface area contributed by atoms with Crippen molar-refractivity contribution >= 4 is 5.69 Å². The van der Waals surface area contributed by atoms with Crippen LogP contribution in [0.2, 0.25) is 0 Å². The van der Waals surface area contributed by atoms with E-state index < -0.39 is 0 Å². The fourth-order valence-electron chi connectivity index (χ4n) is 3.83. The van der Waals surface area contributed by atoms with Crippen LogP contribution < -0.4 is 4.90 Å². The maximum atomic E-state index is 6.23. The number of anilines is 1. The Morgan fingerprint density at radius 2 is 1.70 bits per heavy atom. The smallest absolute Gasteiger partial charge is 0.158 e. The van der Waals surface area contributed by atoms with Crippen LogP contribution in [0.1, 0.15) is 30.6 Å². The van der Waals surface area contributed by atoms with E-state index in [1.165, 1.54) is 43.6 Å². The van der Waals surface area contributed by atoms with Gasteiger partial charge >= 0.3 is 0 Å². The minimum Gasteiger partial charge on any atom is -0.459 e. The first-order valence-corrected chi connectivity index (χ1v) is 8.69. The molecule has 2 aromatic rings. The van der Waals surface area contributed by atoms with Crippen LogP contribution in [0.3, 0.4) is 0 Å². The normalized spacial score (nSPS) is 17.2. The second kappa shape index (κ2) is 6.40. The third-order valence-corrected chi connectivity index (χ3v) is 5.10. The van der Waals surface area contributed by atoms with E-state index >= 15 is 0 Å². The number of hydrogen-bond donors (Lipinski definition) is 0. The Bertz CT molecular complexity index is 652.